The van der Waals surface area contributed by atoms with Crippen molar-refractivity contribution in [2.45, 2.75) is 33.1 Å². The van der Waals surface area contributed by atoms with E-state index >= 15 is 0 Å². The van der Waals surface area contributed by atoms with E-state index in [-0.39, 0.29) is 23.1 Å². The fraction of sp³-hybridized carbons (Fsp3) is 0.438. The van der Waals surface area contributed by atoms with Crippen LogP contribution in [0.5, 0.6) is 0 Å². The third-order valence-corrected chi connectivity index (χ3v) is 10.2. The molecule has 1 atom stereocenters. The summed E-state index contributed by atoms with van der Waals surface area (Å²) in [5.41, 5.74) is 6.48. The third kappa shape index (κ3) is 4.73. The molecular weight excluding hydrogens is 565 g/mol. The molecule has 0 bridgehead atoms. The van der Waals surface area contributed by atoms with Crippen molar-refractivity contribution in [3.63, 3.8) is 0 Å². The number of anilines is 3. The second-order valence-corrected chi connectivity index (χ2v) is 13.1. The molecule has 3 fully saturated rings. The average molecular weight is 600 g/mol. The summed E-state index contributed by atoms with van der Waals surface area (Å²) in [5.74, 6) is -0.0466. The minimum absolute atomic E-state index is 0.0234. The highest BCUT2D eigenvalue weighted by molar-refractivity contribution is 7.16. The van der Waals surface area contributed by atoms with Gasteiger partial charge in [0.2, 0.25) is 5.91 Å². The lowest BCUT2D eigenvalue weighted by atomic mass is 9.78. The van der Waals surface area contributed by atoms with Gasteiger partial charge in [-0.1, -0.05) is 18.3 Å². The van der Waals surface area contributed by atoms with Crippen LogP contribution in [0.3, 0.4) is 0 Å². The summed E-state index contributed by atoms with van der Waals surface area (Å²) < 4.78 is 21.0. The molecule has 7 rings (SSSR count). The number of nitrogens with zero attached hydrogens (tertiary/aromatic N) is 7. The van der Waals surface area contributed by atoms with Gasteiger partial charge in [0.1, 0.15) is 22.5 Å². The molecule has 4 aromatic rings. The number of aryl methyl sites for hydroxylation is 2. The fourth-order valence-corrected chi connectivity index (χ4v) is 7.71. The zero-order chi connectivity index (χ0) is 29.9. The summed E-state index contributed by atoms with van der Waals surface area (Å²) in [6.45, 7) is 8.91. The quantitative estimate of drug-likeness (QED) is 0.302. The SMILES string of the molecule is CCc1nn2c(C)cc(N3CC4(CCN(C(=O)[C@H]5CCOC5)C4)C3)cc2c1N(C)c1nc(-c2ccc(F)cc2)c(C#N)s1. The minimum atomic E-state index is -0.328. The number of pyridine rings is 1. The van der Waals surface area contributed by atoms with Crippen molar-refractivity contribution >= 4 is 39.3 Å². The predicted octanol–water partition coefficient (Wildman–Crippen LogP) is 5.18. The Morgan fingerprint density at radius 2 is 2.05 bits per heavy atom. The van der Waals surface area contributed by atoms with E-state index in [1.165, 1.54) is 23.5 Å². The zero-order valence-corrected chi connectivity index (χ0v) is 25.5. The van der Waals surface area contributed by atoms with Gasteiger partial charge in [-0.25, -0.2) is 13.9 Å². The average Bonchev–Trinajstić information content (AvgIpc) is 3.80. The van der Waals surface area contributed by atoms with Gasteiger partial charge in [-0.3, -0.25) is 4.79 Å². The highest BCUT2D eigenvalue weighted by Crippen LogP contribution is 2.44. The number of carbonyl (C=O) groups is 1. The summed E-state index contributed by atoms with van der Waals surface area (Å²) in [4.78, 5) is 24.8. The van der Waals surface area contributed by atoms with E-state index in [4.69, 9.17) is 14.8 Å². The highest BCUT2D eigenvalue weighted by atomic mass is 32.1. The maximum absolute atomic E-state index is 13.6. The van der Waals surface area contributed by atoms with Crippen LogP contribution in [-0.4, -0.2) is 71.8 Å². The first kappa shape index (κ1) is 27.8. The lowest BCUT2D eigenvalue weighted by Crippen LogP contribution is -2.58. The number of halogens is 1. The Labute approximate surface area is 254 Å². The van der Waals surface area contributed by atoms with Gasteiger partial charge in [-0.2, -0.15) is 10.4 Å². The van der Waals surface area contributed by atoms with E-state index < -0.39 is 0 Å². The normalized spacial score (nSPS) is 19.3. The van der Waals surface area contributed by atoms with Crippen LogP contribution in [0.4, 0.5) is 20.9 Å². The van der Waals surface area contributed by atoms with Crippen LogP contribution in [0.15, 0.2) is 36.4 Å². The van der Waals surface area contributed by atoms with Crippen LogP contribution in [-0.2, 0) is 16.0 Å². The van der Waals surface area contributed by atoms with Gasteiger partial charge >= 0.3 is 0 Å². The molecule has 3 aliphatic rings. The minimum Gasteiger partial charge on any atom is -0.381 e. The van der Waals surface area contributed by atoms with Gasteiger partial charge in [-0.15, -0.1) is 0 Å². The first-order valence-electron chi connectivity index (χ1n) is 14.8. The highest BCUT2D eigenvalue weighted by Gasteiger charge is 2.49. The molecule has 0 aliphatic carbocycles. The lowest BCUT2D eigenvalue weighted by molar-refractivity contribution is -0.134. The molecule has 0 N–H and O–H groups in total. The van der Waals surface area contributed by atoms with Crippen LogP contribution in [0.1, 0.15) is 36.0 Å². The molecule has 0 saturated carbocycles. The molecule has 3 aliphatic heterocycles. The second kappa shape index (κ2) is 10.6. The summed E-state index contributed by atoms with van der Waals surface area (Å²) in [6.07, 6.45) is 2.61. The van der Waals surface area contributed by atoms with E-state index in [0.717, 1.165) is 73.7 Å². The Morgan fingerprint density at radius 3 is 2.74 bits per heavy atom. The Hall–Kier alpha value is -4.01. The molecule has 43 heavy (non-hydrogen) atoms. The molecule has 11 heteroatoms. The molecule has 6 heterocycles. The van der Waals surface area contributed by atoms with Gasteiger partial charge < -0.3 is 19.4 Å². The number of hydrogen-bond acceptors (Lipinski definition) is 8. The number of hydrogen-bond donors (Lipinski definition) is 0. The molecule has 222 valence electrons. The fourth-order valence-electron chi connectivity index (χ4n) is 6.85. The van der Waals surface area contributed by atoms with E-state index in [1.807, 2.05) is 16.5 Å². The topological polar surface area (TPSA) is 90.0 Å². The van der Waals surface area contributed by atoms with Gasteiger partial charge in [0.05, 0.1) is 29.4 Å². The van der Waals surface area contributed by atoms with E-state index in [2.05, 4.69) is 41.8 Å². The monoisotopic (exact) mass is 599 g/mol. The zero-order valence-electron chi connectivity index (χ0n) is 24.6. The summed E-state index contributed by atoms with van der Waals surface area (Å²) in [5, 5.41) is 15.5. The first-order chi connectivity index (χ1) is 20.8. The Morgan fingerprint density at radius 1 is 1.26 bits per heavy atom. The molecule has 3 saturated heterocycles. The van der Waals surface area contributed by atoms with Crippen LogP contribution < -0.4 is 9.80 Å². The van der Waals surface area contributed by atoms with Crippen molar-refractivity contribution in [2.24, 2.45) is 11.3 Å². The first-order valence-corrected chi connectivity index (χ1v) is 15.6. The Balaban J connectivity index is 1.17. The van der Waals surface area contributed by atoms with Crippen molar-refractivity contribution < 1.29 is 13.9 Å². The molecule has 3 aromatic heterocycles. The number of amides is 1. The molecule has 1 spiro atoms. The number of ether oxygens (including phenoxy) is 1. The van der Waals surface area contributed by atoms with Gasteiger partial charge in [0.25, 0.3) is 0 Å². The number of aromatic nitrogens is 3. The number of carbonyl (C=O) groups excluding carboxylic acids is 1. The third-order valence-electron chi connectivity index (χ3n) is 9.18. The van der Waals surface area contributed by atoms with Crippen molar-refractivity contribution in [1.29, 1.82) is 5.26 Å². The molecule has 9 nitrogen and oxygen atoms in total. The van der Waals surface area contributed by atoms with E-state index in [0.29, 0.717) is 34.5 Å². The maximum Gasteiger partial charge on any atom is 0.228 e. The van der Waals surface area contributed by atoms with Crippen molar-refractivity contribution in [2.75, 3.05) is 56.2 Å². The molecule has 0 unspecified atom stereocenters. The van der Waals surface area contributed by atoms with Gasteiger partial charge in [0, 0.05) is 62.2 Å². The van der Waals surface area contributed by atoms with Crippen LogP contribution in [0.2, 0.25) is 0 Å². The largest absolute Gasteiger partial charge is 0.381 e. The summed E-state index contributed by atoms with van der Waals surface area (Å²) in [6, 6.07) is 12.7. The summed E-state index contributed by atoms with van der Waals surface area (Å²) in [7, 11) is 1.96. The number of fused-ring (bicyclic) bond motifs is 1. The van der Waals surface area contributed by atoms with E-state index in [1.54, 1.807) is 12.1 Å². The van der Waals surface area contributed by atoms with Crippen molar-refractivity contribution in [1.82, 2.24) is 19.5 Å². The Bertz CT molecular complexity index is 1750. The second-order valence-electron chi connectivity index (χ2n) is 12.1. The Kier molecular flexibility index (Phi) is 6.86. The van der Waals surface area contributed by atoms with Crippen LogP contribution in [0, 0.1) is 35.4 Å². The lowest BCUT2D eigenvalue weighted by Gasteiger charge is -2.49. The van der Waals surface area contributed by atoms with Gasteiger partial charge in [0.15, 0.2) is 5.13 Å². The number of benzene rings is 1. The molecule has 1 amide bonds. The standard InChI is InChI=1S/C32H34FN7O2S/c1-4-25-29(37(3)31-35-28(27(15-34)43-31)21-5-7-23(33)8-6-21)26-14-24(13-20(2)40(26)36-25)39-18-32(19-39)10-11-38(17-32)30(41)22-9-12-42-16-22/h5-8,13-14,22H,4,9-12,16-19H2,1-3H3/t22-/m0/s1. The maximum atomic E-state index is 13.6. The number of likely N-dealkylation sites (tertiary alicyclic amines) is 1. The number of nitriles is 1. The predicted molar refractivity (Wildman–Crippen MR) is 164 cm³/mol. The van der Waals surface area contributed by atoms with E-state index in [9.17, 15) is 14.4 Å². The molecule has 0 radical (unpaired) electrons. The molecule has 1 aromatic carbocycles. The van der Waals surface area contributed by atoms with Crippen LogP contribution in [0.25, 0.3) is 16.8 Å². The smallest absolute Gasteiger partial charge is 0.228 e. The van der Waals surface area contributed by atoms with Gasteiger partial charge in [-0.05, 0) is 62.6 Å². The molecular formula is C32H34FN7O2S. The van der Waals surface area contributed by atoms with Crippen molar-refractivity contribution in [3.8, 4) is 17.3 Å². The number of rotatable bonds is 6. The number of thiazole rings is 1. The summed E-state index contributed by atoms with van der Waals surface area (Å²) >= 11 is 1.32. The van der Waals surface area contributed by atoms with Crippen LogP contribution >= 0.6 is 11.3 Å². The van der Waals surface area contributed by atoms with Crippen molar-refractivity contribution in [3.05, 3.63) is 58.5 Å².